The van der Waals surface area contributed by atoms with Crippen molar-refractivity contribution >= 4 is 11.9 Å². The first-order chi connectivity index (χ1) is 15.2. The molecule has 6 nitrogen and oxygen atoms in total. The van der Waals surface area contributed by atoms with Crippen LogP contribution < -0.4 is 10.6 Å². The smallest absolute Gasteiger partial charge is 0.223 e. The van der Waals surface area contributed by atoms with Gasteiger partial charge in [-0.1, -0.05) is 54.6 Å². The fourth-order valence-electron chi connectivity index (χ4n) is 3.84. The molecule has 3 rings (SSSR count). The van der Waals surface area contributed by atoms with Gasteiger partial charge in [-0.05, 0) is 30.0 Å². The van der Waals surface area contributed by atoms with Crippen LogP contribution in [0.25, 0.3) is 0 Å². The number of amides is 1. The Morgan fingerprint density at radius 1 is 1.10 bits per heavy atom. The summed E-state index contributed by atoms with van der Waals surface area (Å²) in [5, 5.41) is 6.77. The number of benzene rings is 2. The summed E-state index contributed by atoms with van der Waals surface area (Å²) in [6.07, 6.45) is 1.49. The number of carbonyl (C=O) groups excluding carboxylic acids is 1. The largest absolute Gasteiger partial charge is 0.377 e. The fraction of sp³-hybridized carbons (Fsp3) is 0.440. The van der Waals surface area contributed by atoms with E-state index in [2.05, 4.69) is 39.9 Å². The fourth-order valence-corrected chi connectivity index (χ4v) is 3.84. The van der Waals surface area contributed by atoms with E-state index in [0.717, 1.165) is 32.0 Å². The molecule has 0 saturated carbocycles. The maximum Gasteiger partial charge on any atom is 0.223 e. The molecule has 0 aromatic heterocycles. The second-order valence-electron chi connectivity index (χ2n) is 7.86. The molecule has 2 aromatic rings. The highest BCUT2D eigenvalue weighted by Gasteiger charge is 2.29. The third-order valence-electron chi connectivity index (χ3n) is 5.62. The van der Waals surface area contributed by atoms with E-state index >= 15 is 0 Å². The third-order valence-corrected chi connectivity index (χ3v) is 5.62. The van der Waals surface area contributed by atoms with Crippen LogP contribution in [0.5, 0.6) is 0 Å². The highest BCUT2D eigenvalue weighted by atomic mass is 16.5. The average molecular weight is 423 g/mol. The molecular weight excluding hydrogens is 388 g/mol. The van der Waals surface area contributed by atoms with Crippen LogP contribution in [0.1, 0.15) is 30.0 Å². The average Bonchev–Trinajstić information content (AvgIpc) is 3.17. The minimum absolute atomic E-state index is 0.246. The predicted molar refractivity (Wildman–Crippen MR) is 125 cm³/mol. The monoisotopic (exact) mass is 422 g/mol. The summed E-state index contributed by atoms with van der Waals surface area (Å²) in [7, 11) is 1.77. The zero-order chi connectivity index (χ0) is 21.9. The molecule has 2 aromatic carbocycles. The van der Waals surface area contributed by atoms with Crippen molar-refractivity contribution in [3.05, 3.63) is 71.3 Å². The summed E-state index contributed by atoms with van der Waals surface area (Å²) in [5.41, 5.74) is 3.65. The molecule has 166 valence electrons. The lowest BCUT2D eigenvalue weighted by atomic mass is 10.1. The van der Waals surface area contributed by atoms with Crippen molar-refractivity contribution in [2.45, 2.75) is 32.9 Å². The lowest BCUT2D eigenvalue weighted by molar-refractivity contribution is -0.127. The number of carbonyl (C=O) groups is 1. The highest BCUT2D eigenvalue weighted by molar-refractivity contribution is 5.80. The molecule has 1 heterocycles. The van der Waals surface area contributed by atoms with Crippen molar-refractivity contribution in [3.8, 4) is 0 Å². The van der Waals surface area contributed by atoms with Crippen molar-refractivity contribution in [1.29, 1.82) is 0 Å². The number of nitrogens with one attached hydrogen (secondary N) is 2. The molecule has 1 aliphatic rings. The third kappa shape index (κ3) is 7.10. The molecule has 0 aliphatic carbocycles. The van der Waals surface area contributed by atoms with Gasteiger partial charge < -0.3 is 20.3 Å². The minimum Gasteiger partial charge on any atom is -0.377 e. The zero-order valence-electron chi connectivity index (χ0n) is 18.6. The minimum atomic E-state index is 0.246. The van der Waals surface area contributed by atoms with E-state index in [1.54, 1.807) is 7.05 Å². The number of hydrogen-bond acceptors (Lipinski definition) is 3. The van der Waals surface area contributed by atoms with Gasteiger partial charge in [0.05, 0.1) is 6.61 Å². The lowest BCUT2D eigenvalue weighted by Crippen LogP contribution is -2.40. The van der Waals surface area contributed by atoms with Crippen LogP contribution in [0, 0.1) is 5.92 Å². The quantitative estimate of drug-likeness (QED) is 0.456. The van der Waals surface area contributed by atoms with Gasteiger partial charge in [-0.25, -0.2) is 0 Å². The van der Waals surface area contributed by atoms with Gasteiger partial charge in [0.15, 0.2) is 5.96 Å². The van der Waals surface area contributed by atoms with Gasteiger partial charge in [-0.2, -0.15) is 0 Å². The van der Waals surface area contributed by atoms with Gasteiger partial charge in [0, 0.05) is 52.2 Å². The van der Waals surface area contributed by atoms with Crippen LogP contribution in [0.2, 0.25) is 0 Å². The molecular formula is C25H34N4O2. The van der Waals surface area contributed by atoms with Gasteiger partial charge >= 0.3 is 0 Å². The van der Waals surface area contributed by atoms with E-state index in [1.165, 1.54) is 16.7 Å². The van der Waals surface area contributed by atoms with E-state index in [4.69, 9.17) is 4.74 Å². The molecule has 1 unspecified atom stereocenters. The van der Waals surface area contributed by atoms with Gasteiger partial charge in [0.1, 0.15) is 0 Å². The summed E-state index contributed by atoms with van der Waals surface area (Å²) in [4.78, 5) is 18.7. The SMILES string of the molecule is CCOCc1ccccc1CNC(=NC)NCC1CC(=O)N(CCc2ccccc2)C1. The number of guanidine groups is 1. The van der Waals surface area contributed by atoms with E-state index in [9.17, 15) is 4.79 Å². The number of hydrogen-bond donors (Lipinski definition) is 2. The molecule has 1 saturated heterocycles. The molecule has 0 bridgehead atoms. The molecule has 1 aliphatic heterocycles. The second kappa shape index (κ2) is 12.1. The normalized spacial score (nSPS) is 16.6. The number of nitrogens with zero attached hydrogens (tertiary/aromatic N) is 2. The summed E-state index contributed by atoms with van der Waals surface area (Å²) >= 11 is 0. The molecule has 1 atom stereocenters. The van der Waals surface area contributed by atoms with E-state index in [1.807, 2.05) is 42.2 Å². The Morgan fingerprint density at radius 2 is 1.84 bits per heavy atom. The Balaban J connectivity index is 1.43. The van der Waals surface area contributed by atoms with E-state index in [-0.39, 0.29) is 5.91 Å². The number of likely N-dealkylation sites (tertiary alicyclic amines) is 1. The van der Waals surface area contributed by atoms with E-state index < -0.39 is 0 Å². The highest BCUT2D eigenvalue weighted by Crippen LogP contribution is 2.17. The lowest BCUT2D eigenvalue weighted by Gasteiger charge is -2.18. The first-order valence-electron chi connectivity index (χ1n) is 11.1. The van der Waals surface area contributed by atoms with E-state index in [0.29, 0.717) is 32.1 Å². The molecule has 1 amide bonds. The van der Waals surface area contributed by atoms with Gasteiger partial charge in [0.2, 0.25) is 5.91 Å². The molecule has 1 fully saturated rings. The van der Waals surface area contributed by atoms with Crippen LogP contribution in [0.4, 0.5) is 0 Å². The molecule has 31 heavy (non-hydrogen) atoms. The Bertz CT molecular complexity index is 854. The second-order valence-corrected chi connectivity index (χ2v) is 7.86. The summed E-state index contributed by atoms with van der Waals surface area (Å²) in [6.45, 7) is 6.30. The van der Waals surface area contributed by atoms with Crippen LogP contribution in [0.3, 0.4) is 0 Å². The number of ether oxygens (including phenoxy) is 1. The van der Waals surface area contributed by atoms with Gasteiger partial charge in [0.25, 0.3) is 0 Å². The summed E-state index contributed by atoms with van der Waals surface area (Å²) in [5.74, 6) is 1.30. The van der Waals surface area contributed by atoms with Crippen molar-refractivity contribution in [2.75, 3.05) is 33.3 Å². The maximum absolute atomic E-state index is 12.4. The Labute approximate surface area is 185 Å². The van der Waals surface area contributed by atoms with Crippen molar-refractivity contribution < 1.29 is 9.53 Å². The Kier molecular flexibility index (Phi) is 8.91. The van der Waals surface area contributed by atoms with Gasteiger partial charge in [-0.15, -0.1) is 0 Å². The zero-order valence-corrected chi connectivity index (χ0v) is 18.6. The van der Waals surface area contributed by atoms with Crippen LogP contribution in [-0.2, 0) is 29.1 Å². The van der Waals surface area contributed by atoms with Crippen molar-refractivity contribution in [3.63, 3.8) is 0 Å². The molecule has 2 N–H and O–H groups in total. The van der Waals surface area contributed by atoms with Crippen LogP contribution >= 0.6 is 0 Å². The number of rotatable bonds is 10. The topological polar surface area (TPSA) is 66.0 Å². The Morgan fingerprint density at radius 3 is 2.58 bits per heavy atom. The first kappa shape index (κ1) is 22.8. The number of aliphatic imine (C=N–C) groups is 1. The molecule has 0 radical (unpaired) electrons. The first-order valence-corrected chi connectivity index (χ1v) is 11.1. The predicted octanol–water partition coefficient (Wildman–Crippen LogP) is 2.98. The summed E-state index contributed by atoms with van der Waals surface area (Å²) in [6, 6.07) is 18.6. The van der Waals surface area contributed by atoms with Crippen molar-refractivity contribution in [2.24, 2.45) is 10.9 Å². The van der Waals surface area contributed by atoms with Crippen LogP contribution in [-0.4, -0.2) is 50.1 Å². The summed E-state index contributed by atoms with van der Waals surface area (Å²) < 4.78 is 5.57. The maximum atomic E-state index is 12.4. The van der Waals surface area contributed by atoms with Crippen molar-refractivity contribution in [1.82, 2.24) is 15.5 Å². The molecule has 0 spiro atoms. The Hall–Kier alpha value is -2.86. The standard InChI is InChI=1S/C25H34N4O2/c1-3-31-19-23-12-8-7-11-22(23)17-28-25(26-2)27-16-21-15-24(30)29(18-21)14-13-20-9-5-4-6-10-20/h4-12,21H,3,13-19H2,1-2H3,(H2,26,27,28). The van der Waals surface area contributed by atoms with Gasteiger partial charge in [-0.3, -0.25) is 9.79 Å². The molecule has 6 heteroatoms. The van der Waals surface area contributed by atoms with Crippen LogP contribution in [0.15, 0.2) is 59.6 Å².